The lowest BCUT2D eigenvalue weighted by molar-refractivity contribution is -0.143. The van der Waals surface area contributed by atoms with E-state index in [4.69, 9.17) is 9.47 Å². The van der Waals surface area contributed by atoms with Gasteiger partial charge in [-0.25, -0.2) is 0 Å². The molecule has 2 aromatic carbocycles. The maximum Gasteiger partial charge on any atom is 0.261 e. The molecule has 0 unspecified atom stereocenters. The van der Waals surface area contributed by atoms with Gasteiger partial charge in [-0.15, -0.1) is 5.10 Å². The Morgan fingerprint density at radius 1 is 1.19 bits per heavy atom. The van der Waals surface area contributed by atoms with Gasteiger partial charge >= 0.3 is 0 Å². The molecule has 9 heteroatoms. The molecule has 5 rings (SSSR count). The van der Waals surface area contributed by atoms with Crippen LogP contribution in [0.4, 0.5) is 5.69 Å². The molecule has 0 radical (unpaired) electrons. The molecule has 36 heavy (non-hydrogen) atoms. The molecule has 3 heterocycles. The minimum absolute atomic E-state index is 0.0179. The lowest BCUT2D eigenvalue weighted by Gasteiger charge is -2.37. The zero-order chi connectivity index (χ0) is 25.5. The third-order valence-corrected chi connectivity index (χ3v) is 12.5. The Labute approximate surface area is 212 Å². The molecule has 4 atom stereocenters. The summed E-state index contributed by atoms with van der Waals surface area (Å²) in [6, 6.07) is 16.3. The number of ether oxygens (including phenoxy) is 2. The summed E-state index contributed by atoms with van der Waals surface area (Å²) < 4.78 is 14.1. The van der Waals surface area contributed by atoms with Crippen LogP contribution in [0.2, 0.25) is 18.6 Å². The van der Waals surface area contributed by atoms with E-state index in [-0.39, 0.29) is 30.1 Å². The van der Waals surface area contributed by atoms with Gasteiger partial charge in [-0.05, 0) is 30.2 Å². The van der Waals surface area contributed by atoms with E-state index in [0.717, 1.165) is 22.7 Å². The second kappa shape index (κ2) is 9.46. The number of carbonyl (C=O) groups is 1. The minimum atomic E-state index is -2.14. The Bertz CT molecular complexity index is 1240. The number of aromatic nitrogens is 3. The Balaban J connectivity index is 1.51. The van der Waals surface area contributed by atoms with E-state index in [1.165, 1.54) is 5.19 Å². The highest BCUT2D eigenvalue weighted by Crippen LogP contribution is 2.58. The highest BCUT2D eigenvalue weighted by Gasteiger charge is 2.64. The van der Waals surface area contributed by atoms with Crippen molar-refractivity contribution in [2.24, 2.45) is 5.92 Å². The number of benzene rings is 2. The molecule has 0 saturated carbocycles. The van der Waals surface area contributed by atoms with Crippen molar-refractivity contribution in [1.82, 2.24) is 15.0 Å². The smallest absolute Gasteiger partial charge is 0.261 e. The Kier molecular flexibility index (Phi) is 6.48. The van der Waals surface area contributed by atoms with E-state index in [2.05, 4.69) is 47.8 Å². The van der Waals surface area contributed by atoms with E-state index in [1.807, 2.05) is 47.3 Å². The number of aliphatic hydroxyl groups excluding tert-OH is 1. The summed E-state index contributed by atoms with van der Waals surface area (Å²) in [4.78, 5) is 13.6. The van der Waals surface area contributed by atoms with Crippen molar-refractivity contribution in [3.8, 4) is 5.75 Å². The number of fused-ring (bicyclic) bond motifs is 2. The molecule has 1 spiro atoms. The molecule has 8 nitrogen and oxygen atoms in total. The van der Waals surface area contributed by atoms with Crippen LogP contribution in [0.3, 0.4) is 0 Å². The fraction of sp³-hybridized carbons (Fsp3) is 0.444. The van der Waals surface area contributed by atoms with Gasteiger partial charge in [0, 0.05) is 42.9 Å². The van der Waals surface area contributed by atoms with Crippen LogP contribution in [0.1, 0.15) is 24.6 Å². The Hall–Kier alpha value is -3.01. The standard InChI is InChI=1S/C27H34N4O4Si/c1-18-25(36(3,4)21-11-9-20(34-2)10-12-21)24(13-15-31-17-19(14-16-32)29-30-31)35-27(18)22-7-5-6-8-23(22)28-26(27)33/h5-12,17-18,24-25,32H,13-16H2,1-4H3,(H,28,33)/t18-,24+,25-,27+/m1/s1. The number of hydrogen-bond donors (Lipinski definition) is 2. The number of nitrogens with zero attached hydrogens (tertiary/aromatic N) is 3. The van der Waals surface area contributed by atoms with Gasteiger partial charge in [-0.3, -0.25) is 9.48 Å². The maximum absolute atomic E-state index is 13.6. The second-order valence-electron chi connectivity index (χ2n) is 10.4. The number of anilines is 1. The first-order chi connectivity index (χ1) is 17.3. The number of para-hydroxylation sites is 1. The van der Waals surface area contributed by atoms with Crippen LogP contribution in [-0.4, -0.2) is 53.9 Å². The van der Waals surface area contributed by atoms with Crippen molar-refractivity contribution in [3.63, 3.8) is 0 Å². The summed E-state index contributed by atoms with van der Waals surface area (Å²) in [6.07, 6.45) is 2.94. The fourth-order valence-corrected chi connectivity index (χ4v) is 10.4. The number of amides is 1. The Morgan fingerprint density at radius 2 is 1.94 bits per heavy atom. The SMILES string of the molecule is COc1ccc([Si](C)(C)[C@H]2[C@H](CCn3cc(CCO)nn3)O[C@@]3(C(=O)Nc4ccccc43)[C@@H]2C)cc1. The van der Waals surface area contributed by atoms with E-state index < -0.39 is 13.7 Å². The number of rotatable bonds is 8. The number of hydrogen-bond acceptors (Lipinski definition) is 6. The average Bonchev–Trinajstić information content (AvgIpc) is 3.53. The third-order valence-electron chi connectivity index (χ3n) is 8.09. The number of methoxy groups -OCH3 is 1. The second-order valence-corrected chi connectivity index (χ2v) is 15.1. The van der Waals surface area contributed by atoms with Crippen LogP contribution in [0.5, 0.6) is 5.75 Å². The normalized spacial score (nSPS) is 25.2. The highest BCUT2D eigenvalue weighted by molar-refractivity contribution is 6.91. The molecule has 0 aliphatic carbocycles. The summed E-state index contributed by atoms with van der Waals surface area (Å²) in [5, 5.41) is 22.0. The highest BCUT2D eigenvalue weighted by atomic mass is 28.3. The number of carbonyl (C=O) groups excluding carboxylic acids is 1. The molecule has 2 N–H and O–H groups in total. The maximum atomic E-state index is 13.6. The van der Waals surface area contributed by atoms with Gasteiger partial charge in [0.1, 0.15) is 5.75 Å². The van der Waals surface area contributed by atoms with Crippen molar-refractivity contribution in [2.75, 3.05) is 19.0 Å². The zero-order valence-electron chi connectivity index (χ0n) is 21.3. The largest absolute Gasteiger partial charge is 0.497 e. The van der Waals surface area contributed by atoms with Crippen molar-refractivity contribution >= 4 is 24.9 Å². The molecule has 190 valence electrons. The van der Waals surface area contributed by atoms with Crippen LogP contribution < -0.4 is 15.2 Å². The molecular weight excluding hydrogens is 472 g/mol. The van der Waals surface area contributed by atoms with Crippen LogP contribution in [0, 0.1) is 5.92 Å². The first-order valence-corrected chi connectivity index (χ1v) is 15.6. The van der Waals surface area contributed by atoms with Crippen molar-refractivity contribution < 1.29 is 19.4 Å². The Morgan fingerprint density at radius 3 is 2.67 bits per heavy atom. The van der Waals surface area contributed by atoms with Gasteiger partial charge in [0.2, 0.25) is 0 Å². The summed E-state index contributed by atoms with van der Waals surface area (Å²) in [7, 11) is -0.460. The first-order valence-electron chi connectivity index (χ1n) is 12.5. The van der Waals surface area contributed by atoms with Gasteiger partial charge in [0.15, 0.2) is 5.60 Å². The monoisotopic (exact) mass is 506 g/mol. The predicted molar refractivity (Wildman–Crippen MR) is 140 cm³/mol. The van der Waals surface area contributed by atoms with Crippen LogP contribution in [0.25, 0.3) is 0 Å². The number of nitrogens with one attached hydrogen (secondary N) is 1. The van der Waals surface area contributed by atoms with Gasteiger partial charge < -0.3 is 19.9 Å². The van der Waals surface area contributed by atoms with E-state index in [1.54, 1.807) is 7.11 Å². The molecule has 3 aromatic rings. The molecular formula is C27H34N4O4Si. The van der Waals surface area contributed by atoms with E-state index >= 15 is 0 Å². The molecule has 0 bridgehead atoms. The number of aryl methyl sites for hydroxylation is 1. The lowest BCUT2D eigenvalue weighted by Crippen LogP contribution is -2.51. The summed E-state index contributed by atoms with van der Waals surface area (Å²) in [5.41, 5.74) is 1.71. The van der Waals surface area contributed by atoms with Gasteiger partial charge in [-0.1, -0.05) is 60.7 Å². The zero-order valence-corrected chi connectivity index (χ0v) is 22.3. The lowest BCUT2D eigenvalue weighted by atomic mass is 9.82. The minimum Gasteiger partial charge on any atom is -0.497 e. The third kappa shape index (κ3) is 3.95. The van der Waals surface area contributed by atoms with Crippen molar-refractivity contribution in [1.29, 1.82) is 0 Å². The summed E-state index contributed by atoms with van der Waals surface area (Å²) >= 11 is 0. The van der Waals surface area contributed by atoms with E-state index in [9.17, 15) is 9.90 Å². The first kappa shape index (κ1) is 24.7. The summed E-state index contributed by atoms with van der Waals surface area (Å²) in [6.45, 7) is 7.60. The fourth-order valence-electron chi connectivity index (χ4n) is 6.29. The van der Waals surface area contributed by atoms with Gasteiger partial charge in [0.05, 0.1) is 27.0 Å². The molecule has 1 fully saturated rings. The van der Waals surface area contributed by atoms with Gasteiger partial charge in [-0.2, -0.15) is 0 Å². The van der Waals surface area contributed by atoms with Crippen LogP contribution >= 0.6 is 0 Å². The predicted octanol–water partition coefficient (Wildman–Crippen LogP) is 3.08. The van der Waals surface area contributed by atoms with Crippen LogP contribution in [0.15, 0.2) is 54.7 Å². The quantitative estimate of drug-likeness (QED) is 0.456. The van der Waals surface area contributed by atoms with E-state index in [0.29, 0.717) is 19.4 Å². The van der Waals surface area contributed by atoms with Crippen molar-refractivity contribution in [2.45, 2.75) is 56.7 Å². The average molecular weight is 507 g/mol. The molecule has 1 amide bonds. The number of aliphatic hydroxyl groups is 1. The summed E-state index contributed by atoms with van der Waals surface area (Å²) in [5.74, 6) is 0.742. The topological polar surface area (TPSA) is 98.5 Å². The molecule has 1 saturated heterocycles. The van der Waals surface area contributed by atoms with Crippen LogP contribution in [-0.2, 0) is 28.1 Å². The molecule has 2 aliphatic heterocycles. The van der Waals surface area contributed by atoms with Gasteiger partial charge in [0.25, 0.3) is 5.91 Å². The molecule has 1 aromatic heterocycles. The van der Waals surface area contributed by atoms with Crippen molar-refractivity contribution in [3.05, 3.63) is 66.0 Å². The molecule has 2 aliphatic rings.